The number of hydrogen-bond acceptors (Lipinski definition) is 3. The quantitative estimate of drug-likeness (QED) is 0.804. The maximum absolute atomic E-state index is 3.24. The summed E-state index contributed by atoms with van der Waals surface area (Å²) in [6, 6.07) is 16.6. The van der Waals surface area contributed by atoms with E-state index in [2.05, 4.69) is 55.0 Å². The van der Waals surface area contributed by atoms with Crippen LogP contribution in [0.1, 0.15) is 11.1 Å². The topological polar surface area (TPSA) is 27.3 Å². The molecule has 0 unspecified atom stereocenters. The van der Waals surface area contributed by atoms with E-state index in [4.69, 9.17) is 0 Å². The average molecular weight is 255 g/mol. The van der Waals surface area contributed by atoms with Gasteiger partial charge in [0.1, 0.15) is 0 Å². The summed E-state index contributed by atoms with van der Waals surface area (Å²) in [7, 11) is 4.12. The molecule has 19 heavy (non-hydrogen) atoms. The third kappa shape index (κ3) is 3.73. The van der Waals surface area contributed by atoms with E-state index in [1.807, 2.05) is 30.3 Å². The molecule has 0 bridgehead atoms. The molecule has 3 nitrogen and oxygen atoms in total. The molecule has 3 heteroatoms. The van der Waals surface area contributed by atoms with Crippen LogP contribution in [0.2, 0.25) is 0 Å². The Morgan fingerprint density at radius 3 is 2.37 bits per heavy atom. The first kappa shape index (κ1) is 13.4. The average Bonchev–Trinajstić information content (AvgIpc) is 2.41. The summed E-state index contributed by atoms with van der Waals surface area (Å²) in [6.45, 7) is 2.95. The fraction of sp³-hybridized carbons (Fsp3) is 0.250. The second-order valence-electron chi connectivity index (χ2n) is 4.85. The van der Waals surface area contributed by atoms with E-state index in [0.717, 1.165) is 12.2 Å². The van der Waals surface area contributed by atoms with E-state index >= 15 is 0 Å². The van der Waals surface area contributed by atoms with Gasteiger partial charge in [-0.1, -0.05) is 24.3 Å². The number of para-hydroxylation sites is 1. The number of anilines is 2. The molecule has 2 aromatic rings. The van der Waals surface area contributed by atoms with Gasteiger partial charge in [0.15, 0.2) is 0 Å². The third-order valence-corrected chi connectivity index (χ3v) is 3.13. The summed E-state index contributed by atoms with van der Waals surface area (Å²) >= 11 is 0. The monoisotopic (exact) mass is 255 g/mol. The molecule has 0 aliphatic rings. The summed E-state index contributed by atoms with van der Waals surface area (Å²) in [6.07, 6.45) is 0. The number of rotatable bonds is 5. The second kappa shape index (κ2) is 6.25. The van der Waals surface area contributed by atoms with Crippen molar-refractivity contribution in [2.24, 2.45) is 0 Å². The molecule has 0 atom stereocenters. The number of hydrazine groups is 1. The first-order valence-electron chi connectivity index (χ1n) is 6.47. The number of nitrogens with one attached hydrogen (secondary N) is 2. The maximum atomic E-state index is 3.24. The Morgan fingerprint density at radius 2 is 1.74 bits per heavy atom. The lowest BCUT2D eigenvalue weighted by Gasteiger charge is -2.15. The largest absolute Gasteiger partial charge is 0.378 e. The molecule has 2 N–H and O–H groups in total. The van der Waals surface area contributed by atoms with Crippen LogP contribution in [0.4, 0.5) is 11.4 Å². The van der Waals surface area contributed by atoms with Crippen molar-refractivity contribution in [2.45, 2.75) is 13.5 Å². The molecule has 100 valence electrons. The van der Waals surface area contributed by atoms with Gasteiger partial charge in [-0.15, -0.1) is 0 Å². The third-order valence-electron chi connectivity index (χ3n) is 3.13. The summed E-state index contributed by atoms with van der Waals surface area (Å²) in [5.41, 5.74) is 11.3. The van der Waals surface area contributed by atoms with Crippen molar-refractivity contribution < 1.29 is 0 Å². The van der Waals surface area contributed by atoms with Crippen LogP contribution in [0.5, 0.6) is 0 Å². The summed E-state index contributed by atoms with van der Waals surface area (Å²) in [5.74, 6) is 0. The normalized spacial score (nSPS) is 10.3. The highest BCUT2D eigenvalue weighted by Gasteiger charge is 2.01. The van der Waals surface area contributed by atoms with Crippen LogP contribution in [0.15, 0.2) is 48.5 Å². The van der Waals surface area contributed by atoms with Gasteiger partial charge < -0.3 is 10.3 Å². The number of benzene rings is 2. The SMILES string of the molecule is Cc1cc(N(C)C)ccc1CNNc1ccccc1. The lowest BCUT2D eigenvalue weighted by Crippen LogP contribution is -2.21. The second-order valence-corrected chi connectivity index (χ2v) is 4.85. The van der Waals surface area contributed by atoms with Gasteiger partial charge in [-0.3, -0.25) is 0 Å². The van der Waals surface area contributed by atoms with Crippen molar-refractivity contribution in [3.05, 3.63) is 59.7 Å². The number of hydrogen-bond donors (Lipinski definition) is 2. The number of aryl methyl sites for hydroxylation is 1. The molecule has 0 amide bonds. The first-order chi connectivity index (χ1) is 9.16. The van der Waals surface area contributed by atoms with Gasteiger partial charge in [-0.05, 0) is 42.3 Å². The highest BCUT2D eigenvalue weighted by atomic mass is 15.3. The van der Waals surface area contributed by atoms with E-state index in [-0.39, 0.29) is 0 Å². The van der Waals surface area contributed by atoms with E-state index in [9.17, 15) is 0 Å². The predicted octanol–water partition coefficient (Wildman–Crippen LogP) is 3.18. The minimum absolute atomic E-state index is 0.800. The summed E-state index contributed by atoms with van der Waals surface area (Å²) in [5, 5.41) is 0. The van der Waals surface area contributed by atoms with Crippen LogP contribution in [0.25, 0.3) is 0 Å². The number of nitrogens with zero attached hydrogens (tertiary/aromatic N) is 1. The van der Waals surface area contributed by atoms with Crippen LogP contribution in [-0.2, 0) is 6.54 Å². The Morgan fingerprint density at radius 1 is 1.00 bits per heavy atom. The van der Waals surface area contributed by atoms with Crippen molar-refractivity contribution in [3.8, 4) is 0 Å². The fourth-order valence-electron chi connectivity index (χ4n) is 1.92. The van der Waals surface area contributed by atoms with Crippen LogP contribution < -0.4 is 15.8 Å². The van der Waals surface area contributed by atoms with Crippen LogP contribution in [0.3, 0.4) is 0 Å². The molecule has 0 aliphatic carbocycles. The van der Waals surface area contributed by atoms with Gasteiger partial charge in [-0.2, -0.15) is 0 Å². The predicted molar refractivity (Wildman–Crippen MR) is 82.4 cm³/mol. The molecule has 0 aliphatic heterocycles. The molecule has 0 saturated carbocycles. The zero-order valence-corrected chi connectivity index (χ0v) is 11.8. The van der Waals surface area contributed by atoms with Gasteiger partial charge in [-0.25, -0.2) is 5.43 Å². The molecule has 2 rings (SSSR count). The lowest BCUT2D eigenvalue weighted by atomic mass is 10.1. The molecular weight excluding hydrogens is 234 g/mol. The highest BCUT2D eigenvalue weighted by Crippen LogP contribution is 2.17. The molecule has 0 radical (unpaired) electrons. The van der Waals surface area contributed by atoms with E-state index in [0.29, 0.717) is 0 Å². The smallest absolute Gasteiger partial charge is 0.0487 e. The van der Waals surface area contributed by atoms with Crippen molar-refractivity contribution >= 4 is 11.4 Å². The van der Waals surface area contributed by atoms with Crippen molar-refractivity contribution in [2.75, 3.05) is 24.4 Å². The zero-order chi connectivity index (χ0) is 13.7. The van der Waals surface area contributed by atoms with Gasteiger partial charge >= 0.3 is 0 Å². The van der Waals surface area contributed by atoms with Crippen LogP contribution in [-0.4, -0.2) is 14.1 Å². The summed E-state index contributed by atoms with van der Waals surface area (Å²) < 4.78 is 0. The molecule has 0 heterocycles. The van der Waals surface area contributed by atoms with Gasteiger partial charge in [0.25, 0.3) is 0 Å². The standard InChI is InChI=1S/C16H21N3/c1-13-11-16(19(2)3)10-9-14(13)12-17-18-15-7-5-4-6-8-15/h4-11,17-18H,12H2,1-3H3. The van der Waals surface area contributed by atoms with E-state index < -0.39 is 0 Å². The molecular formula is C16H21N3. The lowest BCUT2D eigenvalue weighted by molar-refractivity contribution is 0.796. The molecule has 0 spiro atoms. The highest BCUT2D eigenvalue weighted by molar-refractivity contribution is 5.49. The minimum atomic E-state index is 0.800. The Labute approximate surface area is 115 Å². The first-order valence-corrected chi connectivity index (χ1v) is 6.47. The van der Waals surface area contributed by atoms with Crippen LogP contribution >= 0.6 is 0 Å². The van der Waals surface area contributed by atoms with Gasteiger partial charge in [0.2, 0.25) is 0 Å². The molecule has 0 aromatic heterocycles. The van der Waals surface area contributed by atoms with E-state index in [1.165, 1.54) is 16.8 Å². The fourth-order valence-corrected chi connectivity index (χ4v) is 1.92. The molecule has 0 saturated heterocycles. The van der Waals surface area contributed by atoms with E-state index in [1.54, 1.807) is 0 Å². The summed E-state index contributed by atoms with van der Waals surface area (Å²) in [4.78, 5) is 2.12. The van der Waals surface area contributed by atoms with Gasteiger partial charge in [0.05, 0.1) is 0 Å². The Kier molecular flexibility index (Phi) is 4.42. The molecule has 0 fully saturated rings. The minimum Gasteiger partial charge on any atom is -0.378 e. The van der Waals surface area contributed by atoms with Crippen molar-refractivity contribution in [1.29, 1.82) is 0 Å². The van der Waals surface area contributed by atoms with Crippen molar-refractivity contribution in [1.82, 2.24) is 5.43 Å². The van der Waals surface area contributed by atoms with Crippen LogP contribution in [0, 0.1) is 6.92 Å². The Balaban J connectivity index is 1.93. The maximum Gasteiger partial charge on any atom is 0.0487 e. The molecule has 2 aromatic carbocycles. The van der Waals surface area contributed by atoms with Crippen molar-refractivity contribution in [3.63, 3.8) is 0 Å². The van der Waals surface area contributed by atoms with Gasteiger partial charge in [0, 0.05) is 32.0 Å². The Hall–Kier alpha value is -2.00. The zero-order valence-electron chi connectivity index (χ0n) is 11.8. The Bertz CT molecular complexity index is 521.